The van der Waals surface area contributed by atoms with Crippen molar-refractivity contribution in [1.82, 2.24) is 25.0 Å². The van der Waals surface area contributed by atoms with Crippen LogP contribution in [0, 0.1) is 6.92 Å². The maximum Gasteiger partial charge on any atom is 0.234 e. The van der Waals surface area contributed by atoms with Crippen LogP contribution in [0.3, 0.4) is 0 Å². The van der Waals surface area contributed by atoms with Gasteiger partial charge in [-0.05, 0) is 6.92 Å². The highest BCUT2D eigenvalue weighted by Gasteiger charge is 2.05. The third kappa shape index (κ3) is 1.56. The molecule has 0 bridgehead atoms. The first-order valence-electron chi connectivity index (χ1n) is 3.70. The van der Waals surface area contributed by atoms with E-state index in [9.17, 15) is 0 Å². The summed E-state index contributed by atoms with van der Waals surface area (Å²) in [7, 11) is 0. The molecule has 0 unspecified atom stereocenters. The second-order valence-corrected chi connectivity index (χ2v) is 3.57. The van der Waals surface area contributed by atoms with Gasteiger partial charge in [0.2, 0.25) is 5.13 Å². The first-order chi connectivity index (χ1) is 6.29. The average molecular weight is 196 g/mol. The molecule has 2 rings (SSSR count). The highest BCUT2D eigenvalue weighted by molar-refractivity contribution is 7.13. The van der Waals surface area contributed by atoms with E-state index in [0.717, 1.165) is 5.01 Å². The van der Waals surface area contributed by atoms with Crippen molar-refractivity contribution in [3.8, 4) is 5.13 Å². The van der Waals surface area contributed by atoms with Crippen LogP contribution in [0.5, 0.6) is 0 Å². The van der Waals surface area contributed by atoms with Gasteiger partial charge in [0.05, 0.1) is 6.54 Å². The number of hydrogen-bond acceptors (Lipinski definition) is 6. The Labute approximate surface area is 78.4 Å². The van der Waals surface area contributed by atoms with E-state index in [1.54, 1.807) is 11.0 Å². The summed E-state index contributed by atoms with van der Waals surface area (Å²) >= 11 is 1.46. The zero-order valence-electron chi connectivity index (χ0n) is 7.01. The highest BCUT2D eigenvalue weighted by Crippen LogP contribution is 2.11. The lowest BCUT2D eigenvalue weighted by Crippen LogP contribution is -2.00. The molecule has 0 saturated carbocycles. The van der Waals surface area contributed by atoms with Gasteiger partial charge in [-0.2, -0.15) is 4.68 Å². The second-order valence-electron chi connectivity index (χ2n) is 2.41. The van der Waals surface area contributed by atoms with Gasteiger partial charge < -0.3 is 5.73 Å². The van der Waals surface area contributed by atoms with Crippen molar-refractivity contribution in [1.29, 1.82) is 0 Å². The number of rotatable bonds is 2. The van der Waals surface area contributed by atoms with Crippen molar-refractivity contribution >= 4 is 11.3 Å². The Balaban J connectivity index is 2.35. The summed E-state index contributed by atoms with van der Waals surface area (Å²) < 4.78 is 1.58. The van der Waals surface area contributed by atoms with Gasteiger partial charge in [-0.15, -0.1) is 15.3 Å². The van der Waals surface area contributed by atoms with E-state index in [4.69, 9.17) is 5.73 Å². The Kier molecular flexibility index (Phi) is 2.03. The van der Waals surface area contributed by atoms with Crippen LogP contribution in [0.2, 0.25) is 0 Å². The van der Waals surface area contributed by atoms with Crippen molar-refractivity contribution < 1.29 is 0 Å². The average Bonchev–Trinajstić information content (AvgIpc) is 2.71. The molecule has 0 aliphatic rings. The zero-order chi connectivity index (χ0) is 9.26. The van der Waals surface area contributed by atoms with Gasteiger partial charge in [0, 0.05) is 0 Å². The molecule has 68 valence electrons. The third-order valence-electron chi connectivity index (χ3n) is 1.43. The second kappa shape index (κ2) is 3.19. The Morgan fingerprint density at radius 3 is 2.92 bits per heavy atom. The summed E-state index contributed by atoms with van der Waals surface area (Å²) in [6, 6.07) is 0. The predicted molar refractivity (Wildman–Crippen MR) is 47.5 cm³/mol. The van der Waals surface area contributed by atoms with Crippen molar-refractivity contribution in [2.24, 2.45) is 5.73 Å². The fourth-order valence-corrected chi connectivity index (χ4v) is 1.47. The van der Waals surface area contributed by atoms with Gasteiger partial charge in [-0.3, -0.25) is 0 Å². The minimum Gasteiger partial charge on any atom is -0.324 e. The molecule has 0 aromatic carbocycles. The van der Waals surface area contributed by atoms with Crippen LogP contribution in [0.15, 0.2) is 6.33 Å². The molecule has 2 N–H and O–H groups in total. The van der Waals surface area contributed by atoms with Gasteiger partial charge in [0.15, 0.2) is 5.82 Å². The Morgan fingerprint density at radius 1 is 1.54 bits per heavy atom. The van der Waals surface area contributed by atoms with Gasteiger partial charge in [0.1, 0.15) is 11.3 Å². The lowest BCUT2D eigenvalue weighted by Gasteiger charge is -1.88. The molecule has 7 heteroatoms. The van der Waals surface area contributed by atoms with Gasteiger partial charge in [0.25, 0.3) is 0 Å². The molecule has 13 heavy (non-hydrogen) atoms. The van der Waals surface area contributed by atoms with E-state index in [2.05, 4.69) is 20.3 Å². The molecule has 0 fully saturated rings. The minimum absolute atomic E-state index is 0.338. The van der Waals surface area contributed by atoms with E-state index in [1.807, 2.05) is 6.92 Å². The molecule has 2 aromatic heterocycles. The molecular formula is C6H8N6S. The van der Waals surface area contributed by atoms with Crippen LogP contribution < -0.4 is 5.73 Å². The monoisotopic (exact) mass is 196 g/mol. The summed E-state index contributed by atoms with van der Waals surface area (Å²) in [6.07, 6.45) is 1.59. The first-order valence-corrected chi connectivity index (χ1v) is 4.52. The fraction of sp³-hybridized carbons (Fsp3) is 0.333. The molecular weight excluding hydrogens is 188 g/mol. The molecule has 2 aromatic rings. The Hall–Kier alpha value is -1.34. The quantitative estimate of drug-likeness (QED) is 0.724. The SMILES string of the molecule is Cc1nnc(-n2cnc(CN)n2)s1. The molecule has 6 nitrogen and oxygen atoms in total. The molecule has 0 radical (unpaired) electrons. The maximum absolute atomic E-state index is 5.38. The Morgan fingerprint density at radius 2 is 2.38 bits per heavy atom. The van der Waals surface area contributed by atoms with Crippen molar-refractivity contribution in [3.05, 3.63) is 17.2 Å². The maximum atomic E-state index is 5.38. The molecule has 0 spiro atoms. The van der Waals surface area contributed by atoms with Crippen LogP contribution in [0.4, 0.5) is 0 Å². The topological polar surface area (TPSA) is 82.5 Å². The molecule has 0 atom stereocenters. The van der Waals surface area contributed by atoms with E-state index in [1.165, 1.54) is 11.3 Å². The normalized spacial score (nSPS) is 10.6. The summed E-state index contributed by atoms with van der Waals surface area (Å²) in [5.41, 5.74) is 5.38. The lowest BCUT2D eigenvalue weighted by atomic mass is 10.6. The third-order valence-corrected chi connectivity index (χ3v) is 2.26. The standard InChI is InChI=1S/C6H8N6S/c1-4-9-10-6(13-4)12-3-8-5(2-7)11-12/h3H,2,7H2,1H3. The summed E-state index contributed by atoms with van der Waals surface area (Å²) in [6.45, 7) is 2.23. The van der Waals surface area contributed by atoms with Gasteiger partial charge in [-0.1, -0.05) is 11.3 Å². The smallest absolute Gasteiger partial charge is 0.234 e. The predicted octanol–water partition coefficient (Wildman–Crippen LogP) is -0.114. The van der Waals surface area contributed by atoms with Crippen molar-refractivity contribution in [3.63, 3.8) is 0 Å². The first kappa shape index (κ1) is 8.27. The Bertz CT molecular complexity index is 405. The number of aromatic nitrogens is 5. The molecule has 0 aliphatic heterocycles. The molecule has 0 amide bonds. The van der Waals surface area contributed by atoms with Crippen LogP contribution in [-0.4, -0.2) is 25.0 Å². The van der Waals surface area contributed by atoms with E-state index in [-0.39, 0.29) is 0 Å². The number of hydrogen-bond donors (Lipinski definition) is 1. The van der Waals surface area contributed by atoms with Gasteiger partial charge >= 0.3 is 0 Å². The van der Waals surface area contributed by atoms with Crippen molar-refractivity contribution in [2.75, 3.05) is 0 Å². The van der Waals surface area contributed by atoms with Crippen LogP contribution in [0.25, 0.3) is 5.13 Å². The highest BCUT2D eigenvalue weighted by atomic mass is 32.1. The van der Waals surface area contributed by atoms with Crippen molar-refractivity contribution in [2.45, 2.75) is 13.5 Å². The fourth-order valence-electron chi connectivity index (χ4n) is 0.862. The molecule has 0 saturated heterocycles. The summed E-state index contributed by atoms with van der Waals surface area (Å²) in [5.74, 6) is 0.604. The number of aryl methyl sites for hydroxylation is 1. The lowest BCUT2D eigenvalue weighted by molar-refractivity contribution is 0.809. The summed E-state index contributed by atoms with van der Waals surface area (Å²) in [4.78, 5) is 3.99. The zero-order valence-corrected chi connectivity index (χ0v) is 7.82. The largest absolute Gasteiger partial charge is 0.324 e. The van der Waals surface area contributed by atoms with Crippen LogP contribution in [0.1, 0.15) is 10.8 Å². The molecule has 2 heterocycles. The number of nitrogens with two attached hydrogens (primary N) is 1. The van der Waals surface area contributed by atoms with E-state index in [0.29, 0.717) is 17.5 Å². The minimum atomic E-state index is 0.338. The molecule has 0 aliphatic carbocycles. The van der Waals surface area contributed by atoms with Crippen LogP contribution in [-0.2, 0) is 6.54 Å². The van der Waals surface area contributed by atoms with Crippen LogP contribution >= 0.6 is 11.3 Å². The van der Waals surface area contributed by atoms with Gasteiger partial charge in [-0.25, -0.2) is 4.98 Å². The number of nitrogens with zero attached hydrogens (tertiary/aromatic N) is 5. The summed E-state index contributed by atoms with van der Waals surface area (Å²) in [5, 5.41) is 13.5. The van der Waals surface area contributed by atoms with E-state index >= 15 is 0 Å². The van der Waals surface area contributed by atoms with E-state index < -0.39 is 0 Å².